The van der Waals surface area contributed by atoms with Crippen LogP contribution in [0.25, 0.3) is 0 Å². The van der Waals surface area contributed by atoms with Gasteiger partial charge in [0.15, 0.2) is 0 Å². The van der Waals surface area contributed by atoms with E-state index in [1.54, 1.807) is 0 Å². The van der Waals surface area contributed by atoms with E-state index >= 15 is 0 Å². The summed E-state index contributed by atoms with van der Waals surface area (Å²) in [7, 11) is 1.93. The van der Waals surface area contributed by atoms with Crippen LogP contribution >= 0.6 is 0 Å². The number of rotatable bonds is 4. The first-order valence-corrected chi connectivity index (χ1v) is 7.17. The van der Waals surface area contributed by atoms with Gasteiger partial charge in [-0.3, -0.25) is 4.79 Å². The summed E-state index contributed by atoms with van der Waals surface area (Å²) in [5, 5.41) is 6.16. The summed E-state index contributed by atoms with van der Waals surface area (Å²) in [6.07, 6.45) is 0. The summed E-state index contributed by atoms with van der Waals surface area (Å²) >= 11 is 0. The Morgan fingerprint density at radius 2 is 1.57 bits per heavy atom. The van der Waals surface area contributed by atoms with E-state index in [2.05, 4.69) is 17.6 Å². The van der Waals surface area contributed by atoms with Gasteiger partial charge in [-0.15, -0.1) is 0 Å². The first-order valence-electron chi connectivity index (χ1n) is 7.17. The fourth-order valence-electron chi connectivity index (χ4n) is 2.39. The van der Waals surface area contributed by atoms with Crippen LogP contribution in [0.2, 0.25) is 0 Å². The summed E-state index contributed by atoms with van der Waals surface area (Å²) in [5.74, 6) is -0.0555. The largest absolute Gasteiger partial charge is 0.322 e. The molecule has 0 aliphatic carbocycles. The number of anilines is 1. The maximum atomic E-state index is 12.4. The lowest BCUT2D eigenvalue weighted by Gasteiger charge is -2.13. The molecule has 2 aromatic rings. The third-order valence-corrected chi connectivity index (χ3v) is 3.81. The second kappa shape index (κ2) is 6.55. The van der Waals surface area contributed by atoms with Gasteiger partial charge in [0.05, 0.1) is 0 Å². The first-order chi connectivity index (χ1) is 10.0. The highest BCUT2D eigenvalue weighted by atomic mass is 16.1. The predicted octanol–water partition coefficient (Wildman–Crippen LogP) is 3.84. The maximum absolute atomic E-state index is 12.4. The third-order valence-electron chi connectivity index (χ3n) is 3.81. The standard InChI is InChI=1S/C18H22N2O/c1-12-6-5-7-13(2)17(12)18(21)20-16-10-8-15(9-11-16)14(3)19-4/h5-11,14,19H,1-4H3,(H,20,21). The number of aryl methyl sites for hydroxylation is 2. The summed E-state index contributed by atoms with van der Waals surface area (Å²) in [5.41, 5.74) is 4.75. The monoisotopic (exact) mass is 282 g/mol. The fraction of sp³-hybridized carbons (Fsp3) is 0.278. The van der Waals surface area contributed by atoms with Crippen molar-refractivity contribution in [1.82, 2.24) is 5.32 Å². The Hall–Kier alpha value is -2.13. The lowest BCUT2D eigenvalue weighted by Crippen LogP contribution is -2.15. The SMILES string of the molecule is CNC(C)c1ccc(NC(=O)c2c(C)cccc2C)cc1. The Balaban J connectivity index is 2.16. The molecule has 3 nitrogen and oxygen atoms in total. The van der Waals surface area contributed by atoms with Crippen molar-refractivity contribution in [2.75, 3.05) is 12.4 Å². The van der Waals surface area contributed by atoms with Crippen molar-refractivity contribution < 1.29 is 4.79 Å². The van der Waals surface area contributed by atoms with Crippen molar-refractivity contribution in [1.29, 1.82) is 0 Å². The summed E-state index contributed by atoms with van der Waals surface area (Å²) in [6, 6.07) is 14.1. The zero-order chi connectivity index (χ0) is 15.4. The van der Waals surface area contributed by atoms with Crippen LogP contribution in [0, 0.1) is 13.8 Å². The normalized spacial score (nSPS) is 12.0. The van der Waals surface area contributed by atoms with E-state index in [0.29, 0.717) is 6.04 Å². The number of benzene rings is 2. The van der Waals surface area contributed by atoms with Crippen LogP contribution in [0.5, 0.6) is 0 Å². The predicted molar refractivity (Wildman–Crippen MR) is 87.8 cm³/mol. The van der Waals surface area contributed by atoms with E-state index in [4.69, 9.17) is 0 Å². The van der Waals surface area contributed by atoms with Crippen molar-refractivity contribution in [3.8, 4) is 0 Å². The van der Waals surface area contributed by atoms with Gasteiger partial charge in [-0.05, 0) is 56.6 Å². The highest BCUT2D eigenvalue weighted by Crippen LogP contribution is 2.18. The molecule has 0 heterocycles. The minimum Gasteiger partial charge on any atom is -0.322 e. The van der Waals surface area contributed by atoms with Gasteiger partial charge in [-0.25, -0.2) is 0 Å². The van der Waals surface area contributed by atoms with Gasteiger partial charge in [-0.1, -0.05) is 30.3 Å². The van der Waals surface area contributed by atoms with Gasteiger partial charge >= 0.3 is 0 Å². The Kier molecular flexibility index (Phi) is 4.76. The molecule has 0 saturated heterocycles. The number of amides is 1. The molecule has 0 bridgehead atoms. The molecule has 1 amide bonds. The average molecular weight is 282 g/mol. The highest BCUT2D eigenvalue weighted by Gasteiger charge is 2.12. The molecule has 1 unspecified atom stereocenters. The molecule has 110 valence electrons. The lowest BCUT2D eigenvalue weighted by molar-refractivity contribution is 0.102. The van der Waals surface area contributed by atoms with Crippen LogP contribution < -0.4 is 10.6 Å². The maximum Gasteiger partial charge on any atom is 0.256 e. The van der Waals surface area contributed by atoms with Gasteiger partial charge in [-0.2, -0.15) is 0 Å². The summed E-state index contributed by atoms with van der Waals surface area (Å²) < 4.78 is 0. The van der Waals surface area contributed by atoms with E-state index in [1.165, 1.54) is 5.56 Å². The molecule has 1 atom stereocenters. The lowest BCUT2D eigenvalue weighted by atomic mass is 10.0. The van der Waals surface area contributed by atoms with Gasteiger partial charge < -0.3 is 10.6 Å². The van der Waals surface area contributed by atoms with Gasteiger partial charge in [0.25, 0.3) is 5.91 Å². The average Bonchev–Trinajstić information content (AvgIpc) is 2.47. The Morgan fingerprint density at radius 1 is 1.00 bits per heavy atom. The van der Waals surface area contributed by atoms with Crippen molar-refractivity contribution in [3.63, 3.8) is 0 Å². The van der Waals surface area contributed by atoms with Crippen LogP contribution in [0.1, 0.15) is 40.0 Å². The summed E-state index contributed by atoms with van der Waals surface area (Å²) in [6.45, 7) is 6.02. The second-order valence-corrected chi connectivity index (χ2v) is 5.35. The molecule has 21 heavy (non-hydrogen) atoms. The third kappa shape index (κ3) is 3.50. The van der Waals surface area contributed by atoms with Crippen LogP contribution in [0.15, 0.2) is 42.5 Å². The van der Waals surface area contributed by atoms with E-state index < -0.39 is 0 Å². The quantitative estimate of drug-likeness (QED) is 0.894. The van der Waals surface area contributed by atoms with E-state index in [1.807, 2.05) is 63.4 Å². The first kappa shape index (κ1) is 15.3. The molecule has 0 aliphatic heterocycles. The van der Waals surface area contributed by atoms with E-state index in [0.717, 1.165) is 22.4 Å². The van der Waals surface area contributed by atoms with Crippen LogP contribution in [0.4, 0.5) is 5.69 Å². The minimum absolute atomic E-state index is 0.0555. The van der Waals surface area contributed by atoms with Crippen molar-refractivity contribution in [3.05, 3.63) is 64.7 Å². The molecule has 0 aliphatic rings. The number of carbonyl (C=O) groups is 1. The van der Waals surface area contributed by atoms with Gasteiger partial charge in [0, 0.05) is 17.3 Å². The topological polar surface area (TPSA) is 41.1 Å². The van der Waals surface area contributed by atoms with Crippen molar-refractivity contribution in [2.45, 2.75) is 26.8 Å². The molecular formula is C18H22N2O. The number of hydrogen-bond donors (Lipinski definition) is 2. The Labute approximate surface area is 126 Å². The fourth-order valence-corrected chi connectivity index (χ4v) is 2.39. The van der Waals surface area contributed by atoms with E-state index in [-0.39, 0.29) is 5.91 Å². The minimum atomic E-state index is -0.0555. The number of hydrogen-bond acceptors (Lipinski definition) is 2. The second-order valence-electron chi connectivity index (χ2n) is 5.35. The number of carbonyl (C=O) groups excluding carboxylic acids is 1. The van der Waals surface area contributed by atoms with Gasteiger partial charge in [0.2, 0.25) is 0 Å². The van der Waals surface area contributed by atoms with Crippen LogP contribution in [-0.4, -0.2) is 13.0 Å². The Bertz CT molecular complexity index is 612. The molecule has 0 radical (unpaired) electrons. The van der Waals surface area contributed by atoms with Crippen LogP contribution in [0.3, 0.4) is 0 Å². The highest BCUT2D eigenvalue weighted by molar-refractivity contribution is 6.06. The molecule has 0 aromatic heterocycles. The molecule has 3 heteroatoms. The van der Waals surface area contributed by atoms with Crippen LogP contribution in [-0.2, 0) is 0 Å². The molecule has 2 N–H and O–H groups in total. The zero-order valence-corrected chi connectivity index (χ0v) is 13.0. The molecule has 0 saturated carbocycles. The molecular weight excluding hydrogens is 260 g/mol. The summed E-state index contributed by atoms with van der Waals surface area (Å²) in [4.78, 5) is 12.4. The smallest absolute Gasteiger partial charge is 0.256 e. The zero-order valence-electron chi connectivity index (χ0n) is 13.0. The Morgan fingerprint density at radius 3 is 2.10 bits per heavy atom. The van der Waals surface area contributed by atoms with Crippen molar-refractivity contribution >= 4 is 11.6 Å². The number of nitrogens with one attached hydrogen (secondary N) is 2. The molecule has 2 rings (SSSR count). The van der Waals surface area contributed by atoms with E-state index in [9.17, 15) is 4.79 Å². The van der Waals surface area contributed by atoms with Gasteiger partial charge in [0.1, 0.15) is 0 Å². The molecule has 0 fully saturated rings. The molecule has 0 spiro atoms. The van der Waals surface area contributed by atoms with Crippen molar-refractivity contribution in [2.24, 2.45) is 0 Å². The molecule has 2 aromatic carbocycles.